The van der Waals surface area contributed by atoms with Gasteiger partial charge in [-0.05, 0) is 6.42 Å². The highest BCUT2D eigenvalue weighted by atomic mass is 32.2. The van der Waals surface area contributed by atoms with Crippen LogP contribution in [-0.2, 0) is 28.4 Å². The standard InChI is InChI=1S/C24H42O18S/c25-2-7-1-12(8(29)6-37-7)43-24-19(36)21(15(32)11(5-28)40-24)42-23-18(35)20(14(31)10(4-27)39-23)41-22-17(34)16(33)13(30)9(3-26)38-22/h7-36H,1-6H2/t7-,8-,9+,10+,11+,12-,13+,14+,15+,16-,17+,18+,19+,20-,21-,22-,23-,24-/m0/s1. The lowest BCUT2D eigenvalue weighted by molar-refractivity contribution is -0.372. The van der Waals surface area contributed by atoms with E-state index in [0.717, 1.165) is 11.8 Å². The minimum atomic E-state index is -1.94. The molecule has 0 aromatic carbocycles. The van der Waals surface area contributed by atoms with Gasteiger partial charge in [-0.1, -0.05) is 0 Å². The summed E-state index contributed by atoms with van der Waals surface area (Å²) in [4.78, 5) is 0. The predicted molar refractivity (Wildman–Crippen MR) is 138 cm³/mol. The summed E-state index contributed by atoms with van der Waals surface area (Å²) in [5.74, 6) is 0. The van der Waals surface area contributed by atoms with Crippen LogP contribution in [0.2, 0.25) is 0 Å². The van der Waals surface area contributed by atoms with Gasteiger partial charge >= 0.3 is 0 Å². The molecule has 12 N–H and O–H groups in total. The Morgan fingerprint density at radius 2 is 1.07 bits per heavy atom. The van der Waals surface area contributed by atoms with Crippen molar-refractivity contribution >= 4 is 11.8 Å². The molecule has 4 heterocycles. The first kappa shape index (κ1) is 35.5. The number of ether oxygens (including phenoxy) is 6. The Hall–Kier alpha value is -0.370. The van der Waals surface area contributed by atoms with Gasteiger partial charge in [-0.15, -0.1) is 11.8 Å². The first-order valence-electron chi connectivity index (χ1n) is 13.9. The Morgan fingerprint density at radius 1 is 0.558 bits per heavy atom. The number of aliphatic hydroxyl groups is 12. The molecule has 43 heavy (non-hydrogen) atoms. The molecule has 19 heteroatoms. The van der Waals surface area contributed by atoms with E-state index >= 15 is 0 Å². The molecule has 0 aliphatic carbocycles. The number of aliphatic hydroxyl groups excluding tert-OH is 12. The highest BCUT2D eigenvalue weighted by Gasteiger charge is 2.54. The summed E-state index contributed by atoms with van der Waals surface area (Å²) < 4.78 is 33.1. The second-order valence-corrected chi connectivity index (χ2v) is 12.3. The molecule has 4 aliphatic rings. The molecule has 0 radical (unpaired) electrons. The minimum Gasteiger partial charge on any atom is -0.394 e. The average molecular weight is 651 g/mol. The molecular weight excluding hydrogens is 608 g/mol. The second-order valence-electron chi connectivity index (χ2n) is 10.9. The molecule has 0 aromatic heterocycles. The van der Waals surface area contributed by atoms with E-state index in [1.165, 1.54) is 0 Å². The van der Waals surface area contributed by atoms with Crippen molar-refractivity contribution in [3.05, 3.63) is 0 Å². The SMILES string of the molecule is OC[C@@H]1C[C@H](S[C@@H]2O[C@H](CO)[C@@H](O)[C@H](O[C@@H]3O[C@H](CO)[C@@H](O)[C@H](O[C@@H]4O[C@H](CO)[C@@H](O)[C@H](O)[C@H]4O)[C@H]3O)[C@H]2O)[C@@H](O)CO1. The molecule has 0 bridgehead atoms. The van der Waals surface area contributed by atoms with Gasteiger partial charge in [0.15, 0.2) is 12.6 Å². The number of rotatable bonds is 10. The van der Waals surface area contributed by atoms with E-state index in [9.17, 15) is 61.3 Å². The zero-order valence-electron chi connectivity index (χ0n) is 22.9. The summed E-state index contributed by atoms with van der Waals surface area (Å²) >= 11 is 0.964. The van der Waals surface area contributed by atoms with Gasteiger partial charge in [0.05, 0.1) is 45.2 Å². The highest BCUT2D eigenvalue weighted by molar-refractivity contribution is 8.00. The van der Waals surface area contributed by atoms with Gasteiger partial charge in [0.25, 0.3) is 0 Å². The van der Waals surface area contributed by atoms with Gasteiger partial charge in [0.1, 0.15) is 78.7 Å². The van der Waals surface area contributed by atoms with Crippen LogP contribution in [0, 0.1) is 0 Å². The van der Waals surface area contributed by atoms with Crippen LogP contribution in [0.4, 0.5) is 0 Å². The van der Waals surface area contributed by atoms with Crippen molar-refractivity contribution in [1.82, 2.24) is 0 Å². The van der Waals surface area contributed by atoms with Gasteiger partial charge in [-0.2, -0.15) is 0 Å². The quantitative estimate of drug-likeness (QED) is 0.104. The highest BCUT2D eigenvalue weighted by Crippen LogP contribution is 2.38. The molecule has 18 nitrogen and oxygen atoms in total. The fraction of sp³-hybridized carbons (Fsp3) is 1.00. The first-order valence-corrected chi connectivity index (χ1v) is 14.8. The van der Waals surface area contributed by atoms with Crippen LogP contribution in [0.5, 0.6) is 0 Å². The van der Waals surface area contributed by atoms with Crippen molar-refractivity contribution in [2.75, 3.05) is 33.0 Å². The Labute approximate surface area is 249 Å². The maximum absolute atomic E-state index is 11.1. The van der Waals surface area contributed by atoms with Crippen LogP contribution in [-0.4, -0.2) is 203 Å². The first-order chi connectivity index (χ1) is 20.4. The maximum atomic E-state index is 11.1. The summed E-state index contributed by atoms with van der Waals surface area (Å²) in [6.07, 6.45) is -24.9. The van der Waals surface area contributed by atoms with Crippen molar-refractivity contribution in [3.63, 3.8) is 0 Å². The van der Waals surface area contributed by atoms with Gasteiger partial charge in [-0.3, -0.25) is 0 Å². The van der Waals surface area contributed by atoms with Crippen molar-refractivity contribution in [2.24, 2.45) is 0 Å². The van der Waals surface area contributed by atoms with E-state index in [-0.39, 0.29) is 19.6 Å². The summed E-state index contributed by atoms with van der Waals surface area (Å²) in [7, 11) is 0. The fourth-order valence-corrected chi connectivity index (χ4v) is 6.87. The van der Waals surface area contributed by atoms with E-state index in [1.54, 1.807) is 0 Å². The lowest BCUT2D eigenvalue weighted by Crippen LogP contribution is -2.66. The molecule has 4 aliphatic heterocycles. The normalized spacial score (nSPS) is 51.3. The number of hydrogen-bond acceptors (Lipinski definition) is 19. The van der Waals surface area contributed by atoms with Crippen LogP contribution in [0.1, 0.15) is 6.42 Å². The second kappa shape index (κ2) is 15.5. The van der Waals surface area contributed by atoms with Gasteiger partial charge in [0.2, 0.25) is 0 Å². The molecule has 0 spiro atoms. The third-order valence-corrected chi connectivity index (χ3v) is 9.53. The predicted octanol–water partition coefficient (Wildman–Crippen LogP) is -7.32. The number of thioether (sulfide) groups is 1. The molecule has 0 unspecified atom stereocenters. The zero-order valence-corrected chi connectivity index (χ0v) is 23.7. The Bertz CT molecular complexity index is 859. The fourth-order valence-electron chi connectivity index (χ4n) is 5.41. The molecule has 4 fully saturated rings. The van der Waals surface area contributed by atoms with Crippen LogP contribution < -0.4 is 0 Å². The van der Waals surface area contributed by atoms with E-state index in [1.807, 2.05) is 0 Å². The average Bonchev–Trinajstić information content (AvgIpc) is 3.00. The molecule has 4 saturated heterocycles. The Kier molecular flexibility index (Phi) is 12.8. The van der Waals surface area contributed by atoms with Crippen LogP contribution >= 0.6 is 11.8 Å². The van der Waals surface area contributed by atoms with Crippen molar-refractivity contribution < 1.29 is 89.7 Å². The van der Waals surface area contributed by atoms with Crippen molar-refractivity contribution in [2.45, 2.75) is 115 Å². The van der Waals surface area contributed by atoms with Crippen molar-refractivity contribution in [1.29, 1.82) is 0 Å². The summed E-state index contributed by atoms with van der Waals surface area (Å²) in [6, 6.07) is 0. The van der Waals surface area contributed by atoms with E-state index < -0.39 is 129 Å². The van der Waals surface area contributed by atoms with Gasteiger partial charge in [-0.25, -0.2) is 0 Å². The summed E-state index contributed by atoms with van der Waals surface area (Å²) in [6.45, 7) is -2.70. The minimum absolute atomic E-state index is 0.0828. The Morgan fingerprint density at radius 3 is 1.63 bits per heavy atom. The van der Waals surface area contributed by atoms with Crippen molar-refractivity contribution in [3.8, 4) is 0 Å². The lowest BCUT2D eigenvalue weighted by atomic mass is 9.96. The zero-order chi connectivity index (χ0) is 31.6. The van der Waals surface area contributed by atoms with Gasteiger partial charge in [0, 0.05) is 5.25 Å². The van der Waals surface area contributed by atoms with Crippen LogP contribution in [0.25, 0.3) is 0 Å². The summed E-state index contributed by atoms with van der Waals surface area (Å²) in [5, 5.41) is 123. The largest absolute Gasteiger partial charge is 0.394 e. The third kappa shape index (κ3) is 7.62. The smallest absolute Gasteiger partial charge is 0.187 e. The van der Waals surface area contributed by atoms with E-state index in [4.69, 9.17) is 28.4 Å². The van der Waals surface area contributed by atoms with Crippen LogP contribution in [0.15, 0.2) is 0 Å². The molecule has 252 valence electrons. The number of hydrogen-bond donors (Lipinski definition) is 12. The lowest BCUT2D eigenvalue weighted by Gasteiger charge is -2.48. The molecule has 18 atom stereocenters. The van der Waals surface area contributed by atoms with Gasteiger partial charge < -0.3 is 89.7 Å². The molecule has 0 aromatic rings. The van der Waals surface area contributed by atoms with E-state index in [2.05, 4.69) is 0 Å². The monoisotopic (exact) mass is 650 g/mol. The Balaban J connectivity index is 1.50. The molecule has 4 rings (SSSR count). The van der Waals surface area contributed by atoms with Crippen LogP contribution in [0.3, 0.4) is 0 Å². The summed E-state index contributed by atoms with van der Waals surface area (Å²) in [5.41, 5.74) is -1.19. The topological polar surface area (TPSA) is 298 Å². The molecular formula is C24H42O18S. The maximum Gasteiger partial charge on any atom is 0.187 e. The van der Waals surface area contributed by atoms with E-state index in [0.29, 0.717) is 0 Å². The molecule has 0 amide bonds. The third-order valence-electron chi connectivity index (χ3n) is 8.01. The molecule has 0 saturated carbocycles.